The smallest absolute Gasteiger partial charge is 0.0975 e. The van der Waals surface area contributed by atoms with Crippen LogP contribution in [0.15, 0.2) is 42.0 Å². The second-order valence-corrected chi connectivity index (χ2v) is 7.69. The summed E-state index contributed by atoms with van der Waals surface area (Å²) in [6.45, 7) is 12.3. The van der Waals surface area contributed by atoms with E-state index in [0.29, 0.717) is 0 Å². The van der Waals surface area contributed by atoms with Crippen LogP contribution in [0.25, 0.3) is 0 Å². The molecule has 2 heteroatoms. The molecule has 0 aliphatic heterocycles. The number of aliphatic imine (C=N–C) groups is 1. The molecule has 1 N–H and O–H groups in total. The van der Waals surface area contributed by atoms with Crippen LogP contribution in [0.1, 0.15) is 46.0 Å². The predicted octanol–water partition coefficient (Wildman–Crippen LogP) is 4.57. The molecule has 0 saturated heterocycles. The molecule has 3 unspecified atom stereocenters. The molecule has 3 saturated carbocycles. The fraction of sp³-hybridized carbons (Fsp3) is 0.650. The Labute approximate surface area is 135 Å². The summed E-state index contributed by atoms with van der Waals surface area (Å²) in [5.74, 6) is 2.62. The van der Waals surface area contributed by atoms with Crippen LogP contribution in [0, 0.1) is 23.2 Å². The van der Waals surface area contributed by atoms with Crippen molar-refractivity contribution in [2.45, 2.75) is 52.0 Å². The summed E-state index contributed by atoms with van der Waals surface area (Å²) in [6.07, 6.45) is 14.1. The maximum atomic E-state index is 9.64. The molecule has 0 aromatic carbocycles. The molecule has 0 amide bonds. The molecule has 3 fully saturated rings. The molecule has 0 aromatic rings. The number of aliphatic hydroxyl groups is 1. The van der Waals surface area contributed by atoms with E-state index in [-0.39, 0.29) is 18.1 Å². The van der Waals surface area contributed by atoms with Gasteiger partial charge in [-0.2, -0.15) is 0 Å². The van der Waals surface area contributed by atoms with Gasteiger partial charge in [0.2, 0.25) is 0 Å². The van der Waals surface area contributed by atoms with Gasteiger partial charge in [0.05, 0.1) is 12.6 Å². The molecular formula is C20H31NO. The van der Waals surface area contributed by atoms with Gasteiger partial charge in [-0.25, -0.2) is 0 Å². The molecule has 2 bridgehead atoms. The largest absolute Gasteiger partial charge is 0.394 e. The zero-order valence-electron chi connectivity index (χ0n) is 14.2. The molecule has 22 heavy (non-hydrogen) atoms. The van der Waals surface area contributed by atoms with Gasteiger partial charge in [0.25, 0.3) is 0 Å². The van der Waals surface area contributed by atoms with Crippen LogP contribution in [0.5, 0.6) is 0 Å². The van der Waals surface area contributed by atoms with Gasteiger partial charge in [-0.3, -0.25) is 4.99 Å². The molecular weight excluding hydrogens is 270 g/mol. The normalized spacial score (nSPS) is 37.0. The van der Waals surface area contributed by atoms with Gasteiger partial charge < -0.3 is 5.11 Å². The van der Waals surface area contributed by atoms with E-state index in [1.54, 1.807) is 12.2 Å². The zero-order chi connectivity index (χ0) is 16.2. The van der Waals surface area contributed by atoms with E-state index in [4.69, 9.17) is 4.99 Å². The van der Waals surface area contributed by atoms with Gasteiger partial charge in [0.15, 0.2) is 0 Å². The minimum Gasteiger partial charge on any atom is -0.394 e. The fourth-order valence-electron chi connectivity index (χ4n) is 4.49. The minimum atomic E-state index is -0.220. The first kappa shape index (κ1) is 17.2. The van der Waals surface area contributed by atoms with Gasteiger partial charge in [-0.1, -0.05) is 45.2 Å². The van der Waals surface area contributed by atoms with Crippen molar-refractivity contribution >= 4 is 6.21 Å². The monoisotopic (exact) mass is 301 g/mol. The molecule has 3 aliphatic carbocycles. The molecule has 0 spiro atoms. The summed E-state index contributed by atoms with van der Waals surface area (Å²) in [5.41, 5.74) is 1.09. The van der Waals surface area contributed by atoms with Gasteiger partial charge in [-0.05, 0) is 55.4 Å². The summed E-state index contributed by atoms with van der Waals surface area (Å²) in [5, 5.41) is 9.64. The standard InChI is InChI=1S/C20H31NO/c1-5-7-18(6-2)19(13-22)21-14-20(4)11-15(3)8-16-9-17(10-16)12-20/h5-7,14-17,19,22H,1-2,8-13H2,3-4H3. The molecule has 2 nitrogen and oxygen atoms in total. The van der Waals surface area contributed by atoms with Crippen LogP contribution in [-0.2, 0) is 0 Å². The zero-order valence-corrected chi connectivity index (χ0v) is 14.2. The lowest BCUT2D eigenvalue weighted by atomic mass is 9.60. The molecule has 3 rings (SSSR count). The molecule has 0 aromatic heterocycles. The average Bonchev–Trinajstić information content (AvgIpc) is 2.42. The Morgan fingerprint density at radius 3 is 2.59 bits per heavy atom. The first-order chi connectivity index (χ1) is 10.5. The van der Waals surface area contributed by atoms with Crippen LogP contribution in [0.2, 0.25) is 0 Å². The number of fused-ring (bicyclic) bond motifs is 4. The second kappa shape index (κ2) is 7.41. The van der Waals surface area contributed by atoms with Crippen molar-refractivity contribution in [2.24, 2.45) is 28.2 Å². The highest BCUT2D eigenvalue weighted by molar-refractivity contribution is 5.66. The Hall–Kier alpha value is -1.15. The van der Waals surface area contributed by atoms with Crippen LogP contribution < -0.4 is 0 Å². The van der Waals surface area contributed by atoms with Gasteiger partial charge in [0.1, 0.15) is 0 Å². The SMILES string of the molecule is C=CC=C(C=C)C(CO)N=CC1(C)CC(C)CC2CC(C2)C1. The van der Waals surface area contributed by atoms with Crippen molar-refractivity contribution in [3.63, 3.8) is 0 Å². The van der Waals surface area contributed by atoms with Crippen LogP contribution in [-0.4, -0.2) is 24.0 Å². The first-order valence-corrected chi connectivity index (χ1v) is 8.60. The van der Waals surface area contributed by atoms with E-state index < -0.39 is 0 Å². The van der Waals surface area contributed by atoms with Crippen LogP contribution in [0.4, 0.5) is 0 Å². The highest BCUT2D eigenvalue weighted by atomic mass is 16.3. The summed E-state index contributed by atoms with van der Waals surface area (Å²) in [4.78, 5) is 4.72. The van der Waals surface area contributed by atoms with Crippen molar-refractivity contribution in [1.29, 1.82) is 0 Å². The summed E-state index contributed by atoms with van der Waals surface area (Å²) in [6, 6.07) is -0.220. The highest BCUT2D eigenvalue weighted by Gasteiger charge is 2.39. The van der Waals surface area contributed by atoms with Gasteiger partial charge in [-0.15, -0.1) is 0 Å². The van der Waals surface area contributed by atoms with E-state index in [1.807, 2.05) is 6.08 Å². The number of rotatable bonds is 6. The van der Waals surface area contributed by atoms with Crippen LogP contribution in [0.3, 0.4) is 0 Å². The van der Waals surface area contributed by atoms with E-state index in [9.17, 15) is 5.11 Å². The summed E-state index contributed by atoms with van der Waals surface area (Å²) < 4.78 is 0. The topological polar surface area (TPSA) is 32.6 Å². The first-order valence-electron chi connectivity index (χ1n) is 8.60. The van der Waals surface area contributed by atoms with E-state index in [0.717, 1.165) is 23.3 Å². The fourth-order valence-corrected chi connectivity index (χ4v) is 4.49. The lowest BCUT2D eigenvalue weighted by molar-refractivity contribution is 0.0811. The number of hydrogen-bond acceptors (Lipinski definition) is 2. The van der Waals surface area contributed by atoms with Crippen molar-refractivity contribution in [2.75, 3.05) is 6.61 Å². The number of nitrogens with zero attached hydrogens (tertiary/aromatic N) is 1. The average molecular weight is 301 g/mol. The molecule has 3 atom stereocenters. The van der Waals surface area contributed by atoms with Crippen molar-refractivity contribution in [1.82, 2.24) is 0 Å². The van der Waals surface area contributed by atoms with Crippen molar-refractivity contribution < 1.29 is 5.11 Å². The Morgan fingerprint density at radius 1 is 1.27 bits per heavy atom. The third-order valence-corrected chi connectivity index (χ3v) is 5.31. The number of aliphatic hydroxyl groups excluding tert-OH is 1. The second-order valence-electron chi connectivity index (χ2n) is 7.69. The minimum absolute atomic E-state index is 0.0132. The maximum absolute atomic E-state index is 9.64. The molecule has 122 valence electrons. The number of hydrogen-bond donors (Lipinski definition) is 1. The Morgan fingerprint density at radius 2 is 2.00 bits per heavy atom. The molecule has 0 heterocycles. The summed E-state index contributed by atoms with van der Waals surface area (Å²) >= 11 is 0. The Kier molecular flexibility index (Phi) is 5.80. The van der Waals surface area contributed by atoms with Crippen LogP contribution >= 0.6 is 0 Å². The molecule has 3 aliphatic rings. The van der Waals surface area contributed by atoms with Crippen molar-refractivity contribution in [3.8, 4) is 0 Å². The van der Waals surface area contributed by atoms with Crippen molar-refractivity contribution in [3.05, 3.63) is 37.0 Å². The molecule has 0 radical (unpaired) electrons. The van der Waals surface area contributed by atoms with E-state index >= 15 is 0 Å². The Balaban J connectivity index is 2.11. The third-order valence-electron chi connectivity index (χ3n) is 5.31. The lowest BCUT2D eigenvalue weighted by Gasteiger charge is -2.45. The van der Waals surface area contributed by atoms with E-state index in [2.05, 4.69) is 33.2 Å². The third kappa shape index (κ3) is 4.19. The quantitative estimate of drug-likeness (QED) is 0.566. The van der Waals surface area contributed by atoms with E-state index in [1.165, 1.54) is 32.1 Å². The summed E-state index contributed by atoms with van der Waals surface area (Å²) in [7, 11) is 0. The van der Waals surface area contributed by atoms with Gasteiger partial charge in [0, 0.05) is 11.6 Å². The van der Waals surface area contributed by atoms with Gasteiger partial charge >= 0.3 is 0 Å². The number of allylic oxidation sites excluding steroid dienone is 2. The highest BCUT2D eigenvalue weighted by Crippen LogP contribution is 2.49. The Bertz CT molecular complexity index is 454. The predicted molar refractivity (Wildman–Crippen MR) is 95.2 cm³/mol. The lowest BCUT2D eigenvalue weighted by Crippen LogP contribution is -2.36. The maximum Gasteiger partial charge on any atom is 0.0975 e.